The molecular formula is C17H21N3O4S. The Morgan fingerprint density at radius 3 is 2.72 bits per heavy atom. The van der Waals surface area contributed by atoms with Crippen molar-refractivity contribution in [1.82, 2.24) is 9.29 Å². The van der Waals surface area contributed by atoms with Crippen LogP contribution in [0.2, 0.25) is 0 Å². The molecule has 2 aromatic rings. The summed E-state index contributed by atoms with van der Waals surface area (Å²) < 4.78 is 36.3. The van der Waals surface area contributed by atoms with Crippen molar-refractivity contribution < 1.29 is 17.9 Å². The molecular weight excluding hydrogens is 342 g/mol. The smallest absolute Gasteiger partial charge is 0.244 e. The lowest BCUT2D eigenvalue weighted by Gasteiger charge is -2.27. The van der Waals surface area contributed by atoms with Crippen molar-refractivity contribution in [1.29, 1.82) is 0 Å². The lowest BCUT2D eigenvalue weighted by molar-refractivity contribution is 0.272. The third kappa shape index (κ3) is 3.54. The molecule has 2 heterocycles. The van der Waals surface area contributed by atoms with Crippen LogP contribution in [0.15, 0.2) is 41.4 Å². The normalized spacial score (nSPS) is 16.9. The van der Waals surface area contributed by atoms with Crippen LogP contribution in [0.4, 0.5) is 5.82 Å². The molecule has 3 rings (SSSR count). The Bertz CT molecular complexity index is 851. The van der Waals surface area contributed by atoms with E-state index in [9.17, 15) is 8.42 Å². The number of methoxy groups -OCH3 is 1. The summed E-state index contributed by atoms with van der Waals surface area (Å²) in [5.74, 6) is 2.15. The Hall–Kier alpha value is -2.32. The average molecular weight is 363 g/mol. The van der Waals surface area contributed by atoms with Gasteiger partial charge in [-0.25, -0.2) is 17.7 Å². The van der Waals surface area contributed by atoms with E-state index in [0.717, 1.165) is 23.5 Å². The van der Waals surface area contributed by atoms with Crippen LogP contribution >= 0.6 is 0 Å². The molecule has 0 saturated carbocycles. The van der Waals surface area contributed by atoms with E-state index in [1.807, 2.05) is 18.2 Å². The molecule has 0 fully saturated rings. The van der Waals surface area contributed by atoms with E-state index in [4.69, 9.17) is 9.47 Å². The van der Waals surface area contributed by atoms with Gasteiger partial charge in [0.2, 0.25) is 10.0 Å². The monoisotopic (exact) mass is 363 g/mol. The van der Waals surface area contributed by atoms with Crippen LogP contribution in [0.1, 0.15) is 18.0 Å². The molecule has 25 heavy (non-hydrogen) atoms. The van der Waals surface area contributed by atoms with Gasteiger partial charge in [0.1, 0.15) is 22.2 Å². The highest BCUT2D eigenvalue weighted by Gasteiger charge is 2.23. The zero-order valence-electron chi connectivity index (χ0n) is 14.4. The first-order valence-corrected chi connectivity index (χ1v) is 9.31. The van der Waals surface area contributed by atoms with Crippen LogP contribution in [0.25, 0.3) is 0 Å². The molecule has 1 aromatic heterocycles. The SMILES string of the molecule is COc1ccc2c(c1)OCCC2Nc1ccc(S(=O)(=O)N(C)C)cn1. The van der Waals surface area contributed by atoms with Gasteiger partial charge >= 0.3 is 0 Å². The fourth-order valence-corrected chi connectivity index (χ4v) is 3.50. The summed E-state index contributed by atoms with van der Waals surface area (Å²) in [4.78, 5) is 4.41. The summed E-state index contributed by atoms with van der Waals surface area (Å²) in [6.07, 6.45) is 2.16. The van der Waals surface area contributed by atoms with E-state index in [0.29, 0.717) is 12.4 Å². The highest BCUT2D eigenvalue weighted by molar-refractivity contribution is 7.89. The van der Waals surface area contributed by atoms with Crippen molar-refractivity contribution in [2.45, 2.75) is 17.4 Å². The summed E-state index contributed by atoms with van der Waals surface area (Å²) in [5, 5.41) is 3.34. The molecule has 0 aliphatic carbocycles. The molecule has 0 radical (unpaired) electrons. The van der Waals surface area contributed by atoms with E-state index >= 15 is 0 Å². The molecule has 8 heteroatoms. The molecule has 1 aromatic carbocycles. The minimum atomic E-state index is -3.47. The van der Waals surface area contributed by atoms with Crippen molar-refractivity contribution >= 4 is 15.8 Å². The number of aromatic nitrogens is 1. The number of hydrogen-bond donors (Lipinski definition) is 1. The number of sulfonamides is 1. The van der Waals surface area contributed by atoms with Gasteiger partial charge in [-0.3, -0.25) is 0 Å². The third-order valence-corrected chi connectivity index (χ3v) is 5.90. The predicted octanol–water partition coefficient (Wildman–Crippen LogP) is 2.28. The molecule has 1 atom stereocenters. The molecule has 1 aliphatic rings. The first kappa shape index (κ1) is 17.5. The van der Waals surface area contributed by atoms with Crippen LogP contribution in [0.3, 0.4) is 0 Å². The number of hydrogen-bond acceptors (Lipinski definition) is 6. The molecule has 0 spiro atoms. The zero-order valence-corrected chi connectivity index (χ0v) is 15.2. The molecule has 134 valence electrons. The van der Waals surface area contributed by atoms with Gasteiger partial charge in [0.25, 0.3) is 0 Å². The Morgan fingerprint density at radius 1 is 1.28 bits per heavy atom. The second-order valence-electron chi connectivity index (χ2n) is 5.90. The molecule has 1 unspecified atom stereocenters. The second kappa shape index (κ2) is 6.89. The van der Waals surface area contributed by atoms with Crippen molar-refractivity contribution in [2.75, 3.05) is 33.1 Å². The molecule has 1 aliphatic heterocycles. The predicted molar refractivity (Wildman–Crippen MR) is 94.6 cm³/mol. The fraction of sp³-hybridized carbons (Fsp3) is 0.353. The number of rotatable bonds is 5. The Morgan fingerprint density at radius 2 is 2.08 bits per heavy atom. The molecule has 0 amide bonds. The average Bonchev–Trinajstić information content (AvgIpc) is 2.62. The second-order valence-corrected chi connectivity index (χ2v) is 8.06. The first-order valence-electron chi connectivity index (χ1n) is 7.87. The Kier molecular flexibility index (Phi) is 4.82. The van der Waals surface area contributed by atoms with E-state index < -0.39 is 10.0 Å². The molecule has 0 saturated heterocycles. The van der Waals surface area contributed by atoms with Crippen LogP contribution in [0, 0.1) is 0 Å². The van der Waals surface area contributed by atoms with Gasteiger partial charge in [0.15, 0.2) is 0 Å². The van der Waals surface area contributed by atoms with E-state index in [2.05, 4.69) is 10.3 Å². The lowest BCUT2D eigenvalue weighted by atomic mass is 10.0. The van der Waals surface area contributed by atoms with E-state index in [1.54, 1.807) is 19.2 Å². The number of ether oxygens (including phenoxy) is 2. The number of fused-ring (bicyclic) bond motifs is 1. The standard InChI is InChI=1S/C17H21N3O4S/c1-20(2)25(21,22)13-5-7-17(18-11-13)19-15-8-9-24-16-10-12(23-3)4-6-14(15)16/h4-7,10-11,15H,8-9H2,1-3H3,(H,18,19). The summed E-state index contributed by atoms with van der Waals surface area (Å²) in [6, 6.07) is 8.99. The number of anilines is 1. The topological polar surface area (TPSA) is 80.8 Å². The number of pyridine rings is 1. The van der Waals surface area contributed by atoms with Gasteiger partial charge in [0, 0.05) is 38.3 Å². The van der Waals surface area contributed by atoms with Crippen molar-refractivity contribution in [3.8, 4) is 11.5 Å². The molecule has 1 N–H and O–H groups in total. The highest BCUT2D eigenvalue weighted by atomic mass is 32.2. The van der Waals surface area contributed by atoms with Gasteiger partial charge < -0.3 is 14.8 Å². The molecule has 7 nitrogen and oxygen atoms in total. The summed E-state index contributed by atoms with van der Waals surface area (Å²) in [7, 11) is 1.13. The van der Waals surface area contributed by atoms with Crippen LogP contribution in [0.5, 0.6) is 11.5 Å². The van der Waals surface area contributed by atoms with Gasteiger partial charge in [-0.1, -0.05) is 0 Å². The quantitative estimate of drug-likeness (QED) is 0.878. The summed E-state index contributed by atoms with van der Waals surface area (Å²) in [6.45, 7) is 0.588. The summed E-state index contributed by atoms with van der Waals surface area (Å²) >= 11 is 0. The van der Waals surface area contributed by atoms with Gasteiger partial charge in [0.05, 0.1) is 19.8 Å². The third-order valence-electron chi connectivity index (χ3n) is 4.10. The number of nitrogens with one attached hydrogen (secondary N) is 1. The Labute approximate surface area is 147 Å². The van der Waals surface area contributed by atoms with Gasteiger partial charge in [-0.05, 0) is 24.3 Å². The van der Waals surface area contributed by atoms with Crippen LogP contribution in [-0.2, 0) is 10.0 Å². The number of nitrogens with zero attached hydrogens (tertiary/aromatic N) is 2. The minimum Gasteiger partial charge on any atom is -0.497 e. The van der Waals surface area contributed by atoms with E-state index in [-0.39, 0.29) is 10.9 Å². The largest absolute Gasteiger partial charge is 0.497 e. The van der Waals surface area contributed by atoms with Gasteiger partial charge in [-0.15, -0.1) is 0 Å². The van der Waals surface area contributed by atoms with Crippen LogP contribution < -0.4 is 14.8 Å². The maximum Gasteiger partial charge on any atom is 0.244 e. The van der Waals surface area contributed by atoms with Crippen molar-refractivity contribution in [3.63, 3.8) is 0 Å². The molecule has 0 bridgehead atoms. The summed E-state index contributed by atoms with van der Waals surface area (Å²) in [5.41, 5.74) is 1.03. The maximum atomic E-state index is 12.1. The van der Waals surface area contributed by atoms with Crippen molar-refractivity contribution in [3.05, 3.63) is 42.1 Å². The van der Waals surface area contributed by atoms with E-state index in [1.165, 1.54) is 24.6 Å². The zero-order chi connectivity index (χ0) is 18.0. The van der Waals surface area contributed by atoms with Crippen LogP contribution in [-0.4, -0.2) is 45.5 Å². The Balaban J connectivity index is 1.80. The highest BCUT2D eigenvalue weighted by Crippen LogP contribution is 2.36. The first-order chi connectivity index (χ1) is 11.9. The fourth-order valence-electron chi connectivity index (χ4n) is 2.65. The number of benzene rings is 1. The minimum absolute atomic E-state index is 0.0402. The maximum absolute atomic E-state index is 12.1. The van der Waals surface area contributed by atoms with Crippen molar-refractivity contribution in [2.24, 2.45) is 0 Å². The lowest BCUT2D eigenvalue weighted by Crippen LogP contribution is -2.23. The van der Waals surface area contributed by atoms with Gasteiger partial charge in [-0.2, -0.15) is 0 Å².